The van der Waals surface area contributed by atoms with Crippen LogP contribution in [0.1, 0.15) is 23.5 Å². The molecule has 0 aliphatic rings. The van der Waals surface area contributed by atoms with Crippen LogP contribution in [0.25, 0.3) is 0 Å². The first kappa shape index (κ1) is 13.1. The number of hydrogen-bond acceptors (Lipinski definition) is 4. The van der Waals surface area contributed by atoms with E-state index in [0.717, 1.165) is 17.2 Å². The molecule has 0 aliphatic heterocycles. The minimum absolute atomic E-state index is 0.235. The van der Waals surface area contributed by atoms with Crippen LogP contribution in [0.3, 0.4) is 0 Å². The number of likely N-dealkylation sites (N-methyl/N-ethyl adjacent to an activating group) is 1. The van der Waals surface area contributed by atoms with Crippen molar-refractivity contribution < 1.29 is 4.74 Å². The van der Waals surface area contributed by atoms with Crippen LogP contribution in [0.5, 0.6) is 5.75 Å². The molecule has 1 atom stereocenters. The number of para-hydroxylation sites is 1. The summed E-state index contributed by atoms with van der Waals surface area (Å²) in [6.45, 7) is 2.69. The highest BCUT2D eigenvalue weighted by molar-refractivity contribution is 7.09. The zero-order valence-corrected chi connectivity index (χ0v) is 11.5. The molecule has 18 heavy (non-hydrogen) atoms. The van der Waals surface area contributed by atoms with E-state index in [1.54, 1.807) is 11.3 Å². The van der Waals surface area contributed by atoms with Gasteiger partial charge >= 0.3 is 0 Å². The zero-order valence-electron chi connectivity index (χ0n) is 10.7. The lowest BCUT2D eigenvalue weighted by Crippen LogP contribution is -2.19. The van der Waals surface area contributed by atoms with Crippen molar-refractivity contribution in [2.75, 3.05) is 13.7 Å². The minimum Gasteiger partial charge on any atom is -0.494 e. The second kappa shape index (κ2) is 6.52. The lowest BCUT2D eigenvalue weighted by molar-refractivity contribution is 0.332. The number of thiazole rings is 1. The summed E-state index contributed by atoms with van der Waals surface area (Å²) in [4.78, 5) is 4.34. The molecule has 1 aromatic carbocycles. The molecule has 1 heterocycles. The monoisotopic (exact) mass is 262 g/mol. The van der Waals surface area contributed by atoms with E-state index in [0.29, 0.717) is 6.61 Å². The molecule has 0 saturated heterocycles. The lowest BCUT2D eigenvalue weighted by atomic mass is 10.0. The van der Waals surface area contributed by atoms with E-state index >= 15 is 0 Å². The van der Waals surface area contributed by atoms with Crippen molar-refractivity contribution >= 4 is 11.3 Å². The molecule has 2 aromatic rings. The van der Waals surface area contributed by atoms with Gasteiger partial charge in [-0.05, 0) is 20.0 Å². The first-order valence-corrected chi connectivity index (χ1v) is 7.00. The van der Waals surface area contributed by atoms with Crippen molar-refractivity contribution in [2.45, 2.75) is 19.4 Å². The van der Waals surface area contributed by atoms with Gasteiger partial charge < -0.3 is 10.1 Å². The zero-order chi connectivity index (χ0) is 12.8. The Balaban J connectivity index is 2.21. The third-order valence-electron chi connectivity index (χ3n) is 2.80. The number of ether oxygens (including phenoxy) is 1. The fourth-order valence-corrected chi connectivity index (χ4v) is 2.61. The molecule has 2 rings (SSSR count). The molecule has 1 unspecified atom stereocenters. The van der Waals surface area contributed by atoms with E-state index in [9.17, 15) is 0 Å². The average Bonchev–Trinajstić information content (AvgIpc) is 2.90. The molecule has 3 nitrogen and oxygen atoms in total. The topological polar surface area (TPSA) is 34.1 Å². The van der Waals surface area contributed by atoms with Gasteiger partial charge in [-0.3, -0.25) is 0 Å². The number of nitrogens with one attached hydrogen (secondary N) is 1. The first-order valence-electron chi connectivity index (χ1n) is 6.12. The molecule has 0 saturated carbocycles. The smallest absolute Gasteiger partial charge is 0.124 e. The molecular formula is C14H18N2OS. The van der Waals surface area contributed by atoms with E-state index < -0.39 is 0 Å². The maximum absolute atomic E-state index is 5.68. The van der Waals surface area contributed by atoms with Crippen LogP contribution in [0.4, 0.5) is 0 Å². The maximum atomic E-state index is 5.68. The number of rotatable bonds is 6. The Morgan fingerprint density at radius 1 is 1.39 bits per heavy atom. The summed E-state index contributed by atoms with van der Waals surface area (Å²) < 4.78 is 5.68. The van der Waals surface area contributed by atoms with Gasteiger partial charge in [0.15, 0.2) is 0 Å². The largest absolute Gasteiger partial charge is 0.494 e. The molecule has 0 fully saturated rings. The van der Waals surface area contributed by atoms with Crippen LogP contribution >= 0.6 is 11.3 Å². The van der Waals surface area contributed by atoms with E-state index in [1.165, 1.54) is 5.56 Å². The van der Waals surface area contributed by atoms with Crippen LogP contribution < -0.4 is 10.1 Å². The van der Waals surface area contributed by atoms with Gasteiger partial charge in [0.25, 0.3) is 0 Å². The fraction of sp³-hybridized carbons (Fsp3) is 0.357. The molecule has 0 bridgehead atoms. The molecule has 1 aromatic heterocycles. The summed E-state index contributed by atoms with van der Waals surface area (Å²) in [5, 5.41) is 6.49. The summed E-state index contributed by atoms with van der Waals surface area (Å²) >= 11 is 1.69. The van der Waals surface area contributed by atoms with Crippen molar-refractivity contribution in [3.63, 3.8) is 0 Å². The number of hydrogen-bond donors (Lipinski definition) is 1. The Labute approximate surface area is 112 Å². The summed E-state index contributed by atoms with van der Waals surface area (Å²) in [5.41, 5.74) is 1.19. The van der Waals surface area contributed by atoms with Crippen LogP contribution in [-0.4, -0.2) is 18.6 Å². The summed E-state index contributed by atoms with van der Waals surface area (Å²) in [5.74, 6) is 0.955. The van der Waals surface area contributed by atoms with E-state index in [4.69, 9.17) is 4.74 Å². The highest BCUT2D eigenvalue weighted by atomic mass is 32.1. The first-order chi connectivity index (χ1) is 8.85. The maximum Gasteiger partial charge on any atom is 0.124 e. The summed E-state index contributed by atoms with van der Waals surface area (Å²) in [7, 11) is 1.97. The normalized spacial score (nSPS) is 12.3. The van der Waals surface area contributed by atoms with Crippen molar-refractivity contribution in [1.29, 1.82) is 0 Å². The lowest BCUT2D eigenvalue weighted by Gasteiger charge is -2.19. The van der Waals surface area contributed by atoms with Crippen LogP contribution in [0, 0.1) is 0 Å². The Kier molecular flexibility index (Phi) is 4.73. The van der Waals surface area contributed by atoms with Gasteiger partial charge in [-0.2, -0.15) is 0 Å². The molecule has 0 aliphatic carbocycles. The van der Waals surface area contributed by atoms with Crippen molar-refractivity contribution in [2.24, 2.45) is 0 Å². The Morgan fingerprint density at radius 2 is 2.22 bits per heavy atom. The highest BCUT2D eigenvalue weighted by Gasteiger charge is 2.15. The third-order valence-corrected chi connectivity index (χ3v) is 3.61. The van der Waals surface area contributed by atoms with Gasteiger partial charge in [0.2, 0.25) is 0 Å². The molecule has 4 heteroatoms. The van der Waals surface area contributed by atoms with Gasteiger partial charge in [0, 0.05) is 29.6 Å². The molecule has 0 radical (unpaired) electrons. The van der Waals surface area contributed by atoms with Gasteiger partial charge in [-0.15, -0.1) is 11.3 Å². The van der Waals surface area contributed by atoms with Gasteiger partial charge in [-0.1, -0.05) is 18.2 Å². The number of nitrogens with zero attached hydrogens (tertiary/aromatic N) is 1. The average molecular weight is 262 g/mol. The van der Waals surface area contributed by atoms with Crippen molar-refractivity contribution in [3.05, 3.63) is 46.4 Å². The SMILES string of the molecule is CCOc1ccccc1C(Cc1nccs1)NC. The van der Waals surface area contributed by atoms with Gasteiger partial charge in [0.1, 0.15) is 5.75 Å². The molecule has 0 amide bonds. The molecule has 96 valence electrons. The van der Waals surface area contributed by atoms with Crippen molar-refractivity contribution in [1.82, 2.24) is 10.3 Å². The second-order valence-electron chi connectivity index (χ2n) is 3.94. The summed E-state index contributed by atoms with van der Waals surface area (Å²) in [6.07, 6.45) is 2.74. The molecule has 0 spiro atoms. The molecule has 1 N–H and O–H groups in total. The molecular weight excluding hydrogens is 244 g/mol. The van der Waals surface area contributed by atoms with Crippen LogP contribution in [0.15, 0.2) is 35.8 Å². The third kappa shape index (κ3) is 3.09. The predicted octanol–water partition coefficient (Wildman–Crippen LogP) is 3.05. The Morgan fingerprint density at radius 3 is 2.89 bits per heavy atom. The highest BCUT2D eigenvalue weighted by Crippen LogP contribution is 2.27. The fourth-order valence-electron chi connectivity index (χ4n) is 1.95. The van der Waals surface area contributed by atoms with Crippen LogP contribution in [0.2, 0.25) is 0 Å². The van der Waals surface area contributed by atoms with Crippen molar-refractivity contribution in [3.8, 4) is 5.75 Å². The van der Waals surface area contributed by atoms with Gasteiger partial charge in [0.05, 0.1) is 11.6 Å². The van der Waals surface area contributed by atoms with E-state index in [2.05, 4.69) is 16.4 Å². The standard InChI is InChI=1S/C14H18N2OS/c1-3-17-13-7-5-4-6-11(13)12(15-2)10-14-16-8-9-18-14/h4-9,12,15H,3,10H2,1-2H3. The van der Waals surface area contributed by atoms with E-state index in [-0.39, 0.29) is 6.04 Å². The quantitative estimate of drug-likeness (QED) is 0.869. The second-order valence-corrected chi connectivity index (χ2v) is 4.92. The summed E-state index contributed by atoms with van der Waals surface area (Å²) in [6, 6.07) is 8.42. The van der Waals surface area contributed by atoms with Crippen LogP contribution in [-0.2, 0) is 6.42 Å². The number of benzene rings is 1. The van der Waals surface area contributed by atoms with Gasteiger partial charge in [-0.25, -0.2) is 4.98 Å². The Hall–Kier alpha value is -1.39. The predicted molar refractivity (Wildman–Crippen MR) is 75.2 cm³/mol. The number of aromatic nitrogens is 1. The Bertz CT molecular complexity index is 470. The minimum atomic E-state index is 0.235. The van der Waals surface area contributed by atoms with E-state index in [1.807, 2.05) is 43.7 Å².